The van der Waals surface area contributed by atoms with Crippen LogP contribution >= 0.6 is 0 Å². The summed E-state index contributed by atoms with van der Waals surface area (Å²) in [7, 11) is 0. The molecule has 2 saturated heterocycles. The predicted octanol–water partition coefficient (Wildman–Crippen LogP) is 1.51. The SMILES string of the molecule is O=C(Cc1ccccc1OC(F)F)N1C[C@H]2CNC[C@H]2C1. The quantitative estimate of drug-likeness (QED) is 0.916. The van der Waals surface area contributed by atoms with E-state index >= 15 is 0 Å². The summed E-state index contributed by atoms with van der Waals surface area (Å²) in [5.41, 5.74) is 0.512. The maximum atomic E-state index is 12.4. The summed E-state index contributed by atoms with van der Waals surface area (Å²) < 4.78 is 29.2. The van der Waals surface area contributed by atoms with Crippen LogP contribution in [0.15, 0.2) is 24.3 Å². The second kappa shape index (κ2) is 5.97. The van der Waals surface area contributed by atoms with Gasteiger partial charge in [-0.2, -0.15) is 8.78 Å². The predicted molar refractivity (Wildman–Crippen MR) is 73.2 cm³/mol. The maximum Gasteiger partial charge on any atom is 0.387 e. The number of benzene rings is 1. The molecule has 1 amide bonds. The highest BCUT2D eigenvalue weighted by atomic mass is 19.3. The van der Waals surface area contributed by atoms with E-state index in [-0.39, 0.29) is 18.1 Å². The van der Waals surface area contributed by atoms with Crippen molar-refractivity contribution in [1.82, 2.24) is 10.2 Å². The van der Waals surface area contributed by atoms with Gasteiger partial charge in [-0.1, -0.05) is 18.2 Å². The van der Waals surface area contributed by atoms with Crippen molar-refractivity contribution < 1.29 is 18.3 Å². The number of hydrogen-bond acceptors (Lipinski definition) is 3. The van der Waals surface area contributed by atoms with Gasteiger partial charge in [-0.25, -0.2) is 0 Å². The van der Waals surface area contributed by atoms with E-state index in [0.717, 1.165) is 26.2 Å². The second-order valence-corrected chi connectivity index (χ2v) is 5.64. The van der Waals surface area contributed by atoms with Crippen LogP contribution < -0.4 is 10.1 Å². The van der Waals surface area contributed by atoms with Crippen molar-refractivity contribution in [3.8, 4) is 5.75 Å². The smallest absolute Gasteiger partial charge is 0.387 e. The summed E-state index contributed by atoms with van der Waals surface area (Å²) in [6, 6.07) is 6.48. The Labute approximate surface area is 122 Å². The highest BCUT2D eigenvalue weighted by Gasteiger charge is 2.37. The molecule has 0 saturated carbocycles. The van der Waals surface area contributed by atoms with Gasteiger partial charge in [0.25, 0.3) is 0 Å². The van der Waals surface area contributed by atoms with E-state index in [9.17, 15) is 13.6 Å². The van der Waals surface area contributed by atoms with E-state index in [4.69, 9.17) is 0 Å². The van der Waals surface area contributed by atoms with Crippen molar-refractivity contribution in [2.45, 2.75) is 13.0 Å². The van der Waals surface area contributed by atoms with Crippen LogP contribution in [0, 0.1) is 11.8 Å². The lowest BCUT2D eigenvalue weighted by atomic mass is 10.0. The fraction of sp³-hybridized carbons (Fsp3) is 0.533. The van der Waals surface area contributed by atoms with Crippen LogP contribution in [0.1, 0.15) is 5.56 Å². The van der Waals surface area contributed by atoms with Crippen LogP contribution in [0.25, 0.3) is 0 Å². The second-order valence-electron chi connectivity index (χ2n) is 5.64. The first kappa shape index (κ1) is 14.3. The molecule has 4 nitrogen and oxygen atoms in total. The zero-order valence-electron chi connectivity index (χ0n) is 11.6. The average molecular weight is 296 g/mol. The van der Waals surface area contributed by atoms with Gasteiger partial charge in [0.2, 0.25) is 5.91 Å². The van der Waals surface area contributed by atoms with Crippen LogP contribution in [0.3, 0.4) is 0 Å². The van der Waals surface area contributed by atoms with Crippen LogP contribution in [-0.2, 0) is 11.2 Å². The summed E-state index contributed by atoms with van der Waals surface area (Å²) in [4.78, 5) is 14.2. The molecule has 6 heteroatoms. The van der Waals surface area contributed by atoms with Crippen LogP contribution in [0.2, 0.25) is 0 Å². The minimum atomic E-state index is -2.88. The summed E-state index contributed by atoms with van der Waals surface area (Å²) >= 11 is 0. The van der Waals surface area contributed by atoms with Crippen molar-refractivity contribution >= 4 is 5.91 Å². The van der Waals surface area contributed by atoms with E-state index in [2.05, 4.69) is 10.1 Å². The van der Waals surface area contributed by atoms with Gasteiger partial charge in [0.1, 0.15) is 5.75 Å². The van der Waals surface area contributed by atoms with Gasteiger partial charge in [0.15, 0.2) is 0 Å². The molecule has 0 unspecified atom stereocenters. The van der Waals surface area contributed by atoms with E-state index < -0.39 is 6.61 Å². The fourth-order valence-electron chi connectivity index (χ4n) is 3.19. The van der Waals surface area contributed by atoms with Gasteiger partial charge in [0.05, 0.1) is 6.42 Å². The van der Waals surface area contributed by atoms with Gasteiger partial charge in [-0.3, -0.25) is 4.79 Å². The van der Waals surface area contributed by atoms with Gasteiger partial charge in [-0.15, -0.1) is 0 Å². The van der Waals surface area contributed by atoms with E-state index in [1.807, 2.05) is 4.90 Å². The Kier molecular flexibility index (Phi) is 4.05. The molecule has 2 aliphatic heterocycles. The molecule has 0 aliphatic carbocycles. The zero-order chi connectivity index (χ0) is 14.8. The molecule has 1 N–H and O–H groups in total. The molecule has 0 spiro atoms. The standard InChI is InChI=1S/C15H18F2N2O2/c16-15(17)21-13-4-2-1-3-10(13)5-14(20)19-8-11-6-18-7-12(11)9-19/h1-4,11-12,15,18H,5-9H2/t11-,12+. The molecule has 114 valence electrons. The van der Waals surface area contributed by atoms with Crippen LogP contribution in [-0.4, -0.2) is 43.6 Å². The molecule has 0 bridgehead atoms. The lowest BCUT2D eigenvalue weighted by Gasteiger charge is -2.18. The normalized spacial score (nSPS) is 24.4. The fourth-order valence-corrected chi connectivity index (χ4v) is 3.19. The number of likely N-dealkylation sites (tertiary alicyclic amines) is 1. The van der Waals surface area contributed by atoms with E-state index in [1.165, 1.54) is 6.07 Å². The first-order chi connectivity index (χ1) is 10.1. The minimum Gasteiger partial charge on any atom is -0.435 e. The number of alkyl halides is 2. The summed E-state index contributed by atoms with van der Waals surface area (Å²) in [6.45, 7) is 0.556. The molecule has 21 heavy (non-hydrogen) atoms. The Morgan fingerprint density at radius 1 is 1.29 bits per heavy atom. The molecule has 2 atom stereocenters. The highest BCUT2D eigenvalue weighted by molar-refractivity contribution is 5.79. The van der Waals surface area contributed by atoms with Crippen LogP contribution in [0.5, 0.6) is 5.75 Å². The van der Waals surface area contributed by atoms with Gasteiger partial charge in [-0.05, 0) is 17.9 Å². The Hall–Kier alpha value is -1.69. The first-order valence-electron chi connectivity index (χ1n) is 7.14. The molecule has 0 aromatic heterocycles. The number of halogens is 2. The molecular weight excluding hydrogens is 278 g/mol. The summed E-state index contributed by atoms with van der Waals surface area (Å²) in [5.74, 6) is 1.12. The summed E-state index contributed by atoms with van der Waals surface area (Å²) in [6.07, 6.45) is 0.107. The Morgan fingerprint density at radius 3 is 2.62 bits per heavy atom. The molecule has 3 rings (SSSR count). The van der Waals surface area contributed by atoms with Crippen LogP contribution in [0.4, 0.5) is 8.78 Å². The number of carbonyl (C=O) groups excluding carboxylic acids is 1. The molecule has 2 heterocycles. The van der Waals surface area contributed by atoms with Crippen molar-refractivity contribution in [2.75, 3.05) is 26.2 Å². The third kappa shape index (κ3) is 3.15. The topological polar surface area (TPSA) is 41.6 Å². The Morgan fingerprint density at radius 2 is 1.95 bits per heavy atom. The van der Waals surface area contributed by atoms with Gasteiger partial charge >= 0.3 is 6.61 Å². The lowest BCUT2D eigenvalue weighted by molar-refractivity contribution is -0.129. The average Bonchev–Trinajstić information content (AvgIpc) is 3.01. The van der Waals surface area contributed by atoms with Crippen molar-refractivity contribution in [2.24, 2.45) is 11.8 Å². The number of fused-ring (bicyclic) bond motifs is 1. The number of ether oxygens (including phenoxy) is 1. The highest BCUT2D eigenvalue weighted by Crippen LogP contribution is 2.28. The third-order valence-electron chi connectivity index (χ3n) is 4.27. The number of para-hydroxylation sites is 1. The maximum absolute atomic E-state index is 12.4. The monoisotopic (exact) mass is 296 g/mol. The molecule has 2 fully saturated rings. The molecule has 1 aromatic rings. The van der Waals surface area contributed by atoms with E-state index in [1.54, 1.807) is 18.2 Å². The zero-order valence-corrected chi connectivity index (χ0v) is 11.6. The molecular formula is C15H18F2N2O2. The lowest BCUT2D eigenvalue weighted by Crippen LogP contribution is -2.33. The van der Waals surface area contributed by atoms with Crippen molar-refractivity contribution in [3.63, 3.8) is 0 Å². The third-order valence-corrected chi connectivity index (χ3v) is 4.27. The van der Waals surface area contributed by atoms with Crippen molar-refractivity contribution in [1.29, 1.82) is 0 Å². The molecule has 2 aliphatic rings. The number of carbonyl (C=O) groups is 1. The number of nitrogens with one attached hydrogen (secondary N) is 1. The first-order valence-corrected chi connectivity index (χ1v) is 7.14. The van der Waals surface area contributed by atoms with E-state index in [0.29, 0.717) is 17.4 Å². The number of amides is 1. The Bertz CT molecular complexity index is 512. The van der Waals surface area contributed by atoms with Gasteiger partial charge in [0, 0.05) is 31.7 Å². The number of hydrogen-bond donors (Lipinski definition) is 1. The number of rotatable bonds is 4. The largest absolute Gasteiger partial charge is 0.435 e. The summed E-state index contributed by atoms with van der Waals surface area (Å²) in [5, 5.41) is 3.32. The van der Waals surface area contributed by atoms with Gasteiger partial charge < -0.3 is 15.0 Å². The van der Waals surface area contributed by atoms with Crippen molar-refractivity contribution in [3.05, 3.63) is 29.8 Å². The minimum absolute atomic E-state index is 0.0188. The molecule has 0 radical (unpaired) electrons. The molecule has 1 aromatic carbocycles. The number of nitrogens with zero attached hydrogens (tertiary/aromatic N) is 1. The Balaban J connectivity index is 1.65.